The molecule has 2 aromatic carbocycles. The van der Waals surface area contributed by atoms with Crippen LogP contribution in [0.15, 0.2) is 47.4 Å². The Morgan fingerprint density at radius 2 is 1.80 bits per heavy atom. The van der Waals surface area contributed by atoms with Gasteiger partial charge in [-0.05, 0) is 30.3 Å². The molecule has 0 aliphatic heterocycles. The lowest BCUT2D eigenvalue weighted by molar-refractivity contribution is 0.102. The molecule has 0 bridgehead atoms. The van der Waals surface area contributed by atoms with Gasteiger partial charge < -0.3 is 0 Å². The molecule has 0 fully saturated rings. The largest absolute Gasteiger partial charge is 0.293 e. The predicted molar refractivity (Wildman–Crippen MR) is 78.5 cm³/mol. The average molecular weight is 331 g/mol. The Balaban J connectivity index is 2.17. The minimum atomic E-state index is -1.60. The third-order valence-corrected chi connectivity index (χ3v) is 4.51. The second kappa shape index (κ2) is 6.48. The molecule has 0 saturated heterocycles. The van der Waals surface area contributed by atoms with Crippen molar-refractivity contribution in [3.05, 3.63) is 63.9 Å². The van der Waals surface area contributed by atoms with Gasteiger partial charge in [-0.2, -0.15) is 0 Å². The van der Waals surface area contributed by atoms with E-state index < -0.39 is 16.6 Å². The third kappa shape index (κ3) is 3.45. The van der Waals surface area contributed by atoms with Crippen LogP contribution in [0.4, 0.5) is 4.39 Å². The van der Waals surface area contributed by atoms with Crippen LogP contribution in [0.1, 0.15) is 10.4 Å². The minimum absolute atomic E-state index is 0.124. The lowest BCUT2D eigenvalue weighted by atomic mass is 10.1. The molecule has 104 valence electrons. The van der Waals surface area contributed by atoms with Gasteiger partial charge in [0, 0.05) is 10.5 Å². The molecule has 0 aliphatic carbocycles. The van der Waals surface area contributed by atoms with Gasteiger partial charge in [0.2, 0.25) is 0 Å². The summed E-state index contributed by atoms with van der Waals surface area (Å²) in [5.41, 5.74) is 0.315. The van der Waals surface area contributed by atoms with Crippen molar-refractivity contribution in [1.29, 1.82) is 0 Å². The molecule has 2 aromatic rings. The molecule has 0 heterocycles. The first-order valence-corrected chi connectivity index (χ1v) is 7.67. The average Bonchev–Trinajstić information content (AvgIpc) is 2.42. The number of carbonyl (C=O) groups is 1. The van der Waals surface area contributed by atoms with Crippen LogP contribution < -0.4 is 0 Å². The zero-order valence-electron chi connectivity index (χ0n) is 10.1. The van der Waals surface area contributed by atoms with Crippen molar-refractivity contribution in [2.24, 2.45) is 0 Å². The lowest BCUT2D eigenvalue weighted by Gasteiger charge is -2.05. The monoisotopic (exact) mass is 330 g/mol. The summed E-state index contributed by atoms with van der Waals surface area (Å²) in [5.74, 6) is -1.16. The Morgan fingerprint density at radius 1 is 1.10 bits per heavy atom. The molecule has 0 spiro atoms. The molecule has 0 amide bonds. The molecule has 1 unspecified atom stereocenters. The van der Waals surface area contributed by atoms with E-state index in [4.69, 9.17) is 23.2 Å². The number of Topliss-reactive ketones (excluding diaryl/α,β-unsaturated/α-hetero) is 1. The van der Waals surface area contributed by atoms with Crippen molar-refractivity contribution in [2.75, 3.05) is 5.75 Å². The van der Waals surface area contributed by atoms with Gasteiger partial charge in [-0.3, -0.25) is 9.00 Å². The van der Waals surface area contributed by atoms with Gasteiger partial charge in [0.25, 0.3) is 0 Å². The third-order valence-electron chi connectivity index (χ3n) is 2.59. The van der Waals surface area contributed by atoms with Gasteiger partial charge in [-0.25, -0.2) is 4.39 Å². The minimum Gasteiger partial charge on any atom is -0.293 e. The van der Waals surface area contributed by atoms with Crippen molar-refractivity contribution in [1.82, 2.24) is 0 Å². The summed E-state index contributed by atoms with van der Waals surface area (Å²) in [6.45, 7) is 0. The van der Waals surface area contributed by atoms with Gasteiger partial charge in [-0.15, -0.1) is 0 Å². The lowest BCUT2D eigenvalue weighted by Crippen LogP contribution is -2.11. The Morgan fingerprint density at radius 3 is 2.45 bits per heavy atom. The topological polar surface area (TPSA) is 34.1 Å². The molecule has 2 nitrogen and oxygen atoms in total. The van der Waals surface area contributed by atoms with Crippen LogP contribution in [-0.4, -0.2) is 15.7 Å². The normalized spacial score (nSPS) is 12.2. The summed E-state index contributed by atoms with van der Waals surface area (Å²) in [5, 5.41) is 0.188. The standard InChI is InChI=1S/C14H9Cl2FO2S/c15-11-4-2-1-3-10(11)14(18)8-20(19)9-5-6-13(17)12(16)7-9/h1-7H,8H2. The molecular weight excluding hydrogens is 322 g/mol. The van der Waals surface area contributed by atoms with Crippen molar-refractivity contribution >= 4 is 39.8 Å². The zero-order chi connectivity index (χ0) is 14.7. The highest BCUT2D eigenvalue weighted by Gasteiger charge is 2.15. The second-order valence-corrected chi connectivity index (χ2v) is 6.23. The maximum atomic E-state index is 13.0. The number of rotatable bonds is 4. The molecule has 0 radical (unpaired) electrons. The Kier molecular flexibility index (Phi) is 4.91. The molecule has 0 saturated carbocycles. The first-order valence-electron chi connectivity index (χ1n) is 5.60. The molecule has 20 heavy (non-hydrogen) atoms. The van der Waals surface area contributed by atoms with E-state index in [0.29, 0.717) is 15.5 Å². The van der Waals surface area contributed by atoms with E-state index in [0.717, 1.165) is 6.07 Å². The maximum Gasteiger partial charge on any atom is 0.177 e. The summed E-state index contributed by atoms with van der Waals surface area (Å²) in [6, 6.07) is 10.3. The van der Waals surface area contributed by atoms with E-state index in [-0.39, 0.29) is 16.6 Å². The van der Waals surface area contributed by atoms with Crippen LogP contribution in [0, 0.1) is 5.82 Å². The van der Waals surface area contributed by atoms with E-state index in [2.05, 4.69) is 0 Å². The van der Waals surface area contributed by atoms with Crippen molar-refractivity contribution < 1.29 is 13.4 Å². The summed E-state index contributed by atoms with van der Waals surface area (Å²) in [6.07, 6.45) is 0. The molecular formula is C14H9Cl2FO2S. The van der Waals surface area contributed by atoms with Gasteiger partial charge in [0.1, 0.15) is 5.82 Å². The molecule has 1 atom stereocenters. The van der Waals surface area contributed by atoms with Gasteiger partial charge in [-0.1, -0.05) is 35.3 Å². The van der Waals surface area contributed by atoms with Crippen LogP contribution in [0.3, 0.4) is 0 Å². The van der Waals surface area contributed by atoms with Crippen LogP contribution in [0.2, 0.25) is 10.0 Å². The fourth-order valence-electron chi connectivity index (χ4n) is 1.59. The highest BCUT2D eigenvalue weighted by Crippen LogP contribution is 2.20. The number of halogens is 3. The Hall–Kier alpha value is -1.23. The van der Waals surface area contributed by atoms with Crippen molar-refractivity contribution in [2.45, 2.75) is 4.90 Å². The van der Waals surface area contributed by atoms with Crippen LogP contribution >= 0.6 is 23.2 Å². The quantitative estimate of drug-likeness (QED) is 0.790. The van der Waals surface area contributed by atoms with Gasteiger partial charge >= 0.3 is 0 Å². The van der Waals surface area contributed by atoms with E-state index in [9.17, 15) is 13.4 Å². The molecule has 6 heteroatoms. The predicted octanol–water partition coefficient (Wildman–Crippen LogP) is 4.12. The number of hydrogen-bond acceptors (Lipinski definition) is 2. The number of carbonyl (C=O) groups excluding carboxylic acids is 1. The fourth-order valence-corrected chi connectivity index (χ4v) is 3.10. The van der Waals surface area contributed by atoms with Crippen LogP contribution in [0.5, 0.6) is 0 Å². The first kappa shape index (κ1) is 15.2. The van der Waals surface area contributed by atoms with Gasteiger partial charge in [0.05, 0.1) is 26.6 Å². The Labute approximate surface area is 128 Å². The molecule has 0 aromatic heterocycles. The highest BCUT2D eigenvalue weighted by molar-refractivity contribution is 7.85. The number of benzene rings is 2. The summed E-state index contributed by atoms with van der Waals surface area (Å²) in [4.78, 5) is 12.3. The molecule has 0 aliphatic rings. The maximum absolute atomic E-state index is 13.0. The van der Waals surface area contributed by atoms with E-state index in [1.54, 1.807) is 24.3 Å². The number of ketones is 1. The van der Waals surface area contributed by atoms with E-state index in [1.807, 2.05) is 0 Å². The van der Waals surface area contributed by atoms with Crippen LogP contribution in [0.25, 0.3) is 0 Å². The highest BCUT2D eigenvalue weighted by atomic mass is 35.5. The molecule has 0 N–H and O–H groups in total. The zero-order valence-corrected chi connectivity index (χ0v) is 12.4. The SMILES string of the molecule is O=C(CS(=O)c1ccc(F)c(Cl)c1)c1ccccc1Cl. The summed E-state index contributed by atoms with van der Waals surface area (Å²) >= 11 is 11.5. The molecule has 2 rings (SSSR count). The number of hydrogen-bond donors (Lipinski definition) is 0. The van der Waals surface area contributed by atoms with Crippen LogP contribution in [-0.2, 0) is 10.8 Å². The first-order chi connectivity index (χ1) is 9.49. The smallest absolute Gasteiger partial charge is 0.177 e. The summed E-state index contributed by atoms with van der Waals surface area (Å²) in [7, 11) is -1.60. The second-order valence-electron chi connectivity index (χ2n) is 3.97. The van der Waals surface area contributed by atoms with Gasteiger partial charge in [0.15, 0.2) is 5.78 Å². The van der Waals surface area contributed by atoms with E-state index in [1.165, 1.54) is 12.1 Å². The van der Waals surface area contributed by atoms with Crippen molar-refractivity contribution in [3.63, 3.8) is 0 Å². The fraction of sp³-hybridized carbons (Fsp3) is 0.0714. The summed E-state index contributed by atoms with van der Waals surface area (Å²) < 4.78 is 25.1. The van der Waals surface area contributed by atoms with Crippen molar-refractivity contribution in [3.8, 4) is 0 Å². The Bertz CT molecular complexity index is 689. The van der Waals surface area contributed by atoms with E-state index >= 15 is 0 Å².